The van der Waals surface area contributed by atoms with Crippen LogP contribution in [0.15, 0.2) is 42.5 Å². The Labute approximate surface area is 105 Å². The van der Waals surface area contributed by atoms with Crippen molar-refractivity contribution in [3.63, 3.8) is 0 Å². The molecule has 94 valence electrons. The highest BCUT2D eigenvalue weighted by atomic mass is 19.1. The number of rotatable bonds is 3. The third kappa shape index (κ3) is 2.67. The maximum absolute atomic E-state index is 13.7. The zero-order valence-corrected chi connectivity index (χ0v) is 10.3. The van der Waals surface area contributed by atoms with E-state index in [2.05, 4.69) is 0 Å². The first-order valence-corrected chi connectivity index (χ1v) is 5.79. The Kier molecular flexibility index (Phi) is 3.60. The largest absolute Gasteiger partial charge is 0.457 e. The third-order valence-corrected chi connectivity index (χ3v) is 2.60. The van der Waals surface area contributed by atoms with Crippen molar-refractivity contribution >= 4 is 0 Å². The summed E-state index contributed by atoms with van der Waals surface area (Å²) in [6.45, 7) is 3.68. The zero-order valence-electron chi connectivity index (χ0n) is 10.3. The maximum atomic E-state index is 13.7. The van der Waals surface area contributed by atoms with Crippen molar-refractivity contribution in [1.29, 1.82) is 0 Å². The summed E-state index contributed by atoms with van der Waals surface area (Å²) >= 11 is 0. The molecule has 0 aliphatic heterocycles. The minimum Gasteiger partial charge on any atom is -0.457 e. The Morgan fingerprint density at radius 1 is 1.00 bits per heavy atom. The normalized spacial score (nSPS) is 10.7. The van der Waals surface area contributed by atoms with Gasteiger partial charge in [-0.15, -0.1) is 0 Å². The molecule has 0 saturated carbocycles. The lowest BCUT2D eigenvalue weighted by Gasteiger charge is -2.14. The van der Waals surface area contributed by atoms with Crippen LogP contribution in [0.1, 0.15) is 25.3 Å². The molecule has 0 atom stereocenters. The van der Waals surface area contributed by atoms with Gasteiger partial charge < -0.3 is 4.74 Å². The number of hydrogen-bond donors (Lipinski definition) is 0. The van der Waals surface area contributed by atoms with Gasteiger partial charge in [-0.3, -0.25) is 0 Å². The van der Waals surface area contributed by atoms with E-state index in [1.807, 2.05) is 19.9 Å². The minimum absolute atomic E-state index is 0.0793. The van der Waals surface area contributed by atoms with Crippen LogP contribution in [-0.2, 0) is 0 Å². The average molecular weight is 248 g/mol. The zero-order chi connectivity index (χ0) is 13.1. The van der Waals surface area contributed by atoms with Gasteiger partial charge in [0.1, 0.15) is 23.1 Å². The predicted octanol–water partition coefficient (Wildman–Crippen LogP) is 4.88. The molecule has 0 spiro atoms. The Morgan fingerprint density at radius 3 is 2.28 bits per heavy atom. The van der Waals surface area contributed by atoms with E-state index in [4.69, 9.17) is 4.74 Å². The lowest BCUT2D eigenvalue weighted by molar-refractivity contribution is 0.453. The van der Waals surface area contributed by atoms with E-state index in [0.29, 0.717) is 11.3 Å². The number of ether oxygens (including phenoxy) is 1. The summed E-state index contributed by atoms with van der Waals surface area (Å²) in [4.78, 5) is 0. The highest BCUT2D eigenvalue weighted by Crippen LogP contribution is 2.33. The van der Waals surface area contributed by atoms with Gasteiger partial charge in [-0.25, -0.2) is 8.78 Å². The smallest absolute Gasteiger partial charge is 0.136 e. The molecule has 0 aromatic heterocycles. The Bertz CT molecular complexity index is 536. The number of hydrogen-bond acceptors (Lipinski definition) is 1. The summed E-state index contributed by atoms with van der Waals surface area (Å²) in [6.07, 6.45) is 0. The summed E-state index contributed by atoms with van der Waals surface area (Å²) in [7, 11) is 0. The molecule has 0 N–H and O–H groups in total. The SMILES string of the molecule is CC(C)c1c(F)cc(F)cc1Oc1ccccc1. The standard InChI is InChI=1S/C15H14F2O/c1-10(2)15-13(17)8-11(16)9-14(15)18-12-6-4-3-5-7-12/h3-10H,1-2H3. The third-order valence-electron chi connectivity index (χ3n) is 2.60. The van der Waals surface area contributed by atoms with Gasteiger partial charge in [0, 0.05) is 17.7 Å². The second-order valence-electron chi connectivity index (χ2n) is 4.37. The fraction of sp³-hybridized carbons (Fsp3) is 0.200. The van der Waals surface area contributed by atoms with Gasteiger partial charge in [-0.05, 0) is 18.1 Å². The molecule has 0 fully saturated rings. The maximum Gasteiger partial charge on any atom is 0.136 e. The second-order valence-corrected chi connectivity index (χ2v) is 4.37. The molecule has 2 rings (SSSR count). The predicted molar refractivity (Wildman–Crippen MR) is 67.0 cm³/mol. The number of halogens is 2. The fourth-order valence-electron chi connectivity index (χ4n) is 1.82. The summed E-state index contributed by atoms with van der Waals surface area (Å²) < 4.78 is 32.6. The topological polar surface area (TPSA) is 9.23 Å². The van der Waals surface area contributed by atoms with Crippen molar-refractivity contribution in [1.82, 2.24) is 0 Å². The average Bonchev–Trinajstić information content (AvgIpc) is 2.28. The van der Waals surface area contributed by atoms with Crippen LogP contribution in [0.2, 0.25) is 0 Å². The van der Waals surface area contributed by atoms with Crippen LogP contribution in [0, 0.1) is 11.6 Å². The van der Waals surface area contributed by atoms with Crippen LogP contribution in [0.25, 0.3) is 0 Å². The van der Waals surface area contributed by atoms with E-state index < -0.39 is 11.6 Å². The van der Waals surface area contributed by atoms with E-state index in [9.17, 15) is 8.78 Å². The molecule has 2 aromatic rings. The lowest BCUT2D eigenvalue weighted by atomic mass is 10.0. The molecule has 1 nitrogen and oxygen atoms in total. The Hall–Kier alpha value is -1.90. The van der Waals surface area contributed by atoms with Crippen LogP contribution in [-0.4, -0.2) is 0 Å². The van der Waals surface area contributed by atoms with Gasteiger partial charge in [-0.2, -0.15) is 0 Å². The van der Waals surface area contributed by atoms with E-state index in [1.54, 1.807) is 24.3 Å². The van der Waals surface area contributed by atoms with Crippen LogP contribution < -0.4 is 4.74 Å². The van der Waals surface area contributed by atoms with E-state index >= 15 is 0 Å². The molecule has 2 aromatic carbocycles. The summed E-state index contributed by atoms with van der Waals surface area (Å²) in [6, 6.07) is 11.0. The summed E-state index contributed by atoms with van der Waals surface area (Å²) in [5.74, 6) is -0.499. The molecule has 3 heteroatoms. The van der Waals surface area contributed by atoms with Crippen LogP contribution in [0.4, 0.5) is 8.78 Å². The Balaban J connectivity index is 2.43. The first-order chi connectivity index (χ1) is 8.58. The number of para-hydroxylation sites is 1. The van der Waals surface area contributed by atoms with Crippen LogP contribution in [0.3, 0.4) is 0 Å². The van der Waals surface area contributed by atoms with Gasteiger partial charge >= 0.3 is 0 Å². The first kappa shape index (κ1) is 12.6. The van der Waals surface area contributed by atoms with E-state index in [0.717, 1.165) is 6.07 Å². The van der Waals surface area contributed by atoms with Gasteiger partial charge in [0.2, 0.25) is 0 Å². The fourth-order valence-corrected chi connectivity index (χ4v) is 1.82. The van der Waals surface area contributed by atoms with Crippen molar-refractivity contribution in [2.24, 2.45) is 0 Å². The quantitative estimate of drug-likeness (QED) is 0.752. The molecule has 0 bridgehead atoms. The van der Waals surface area contributed by atoms with Crippen LogP contribution >= 0.6 is 0 Å². The summed E-state index contributed by atoms with van der Waals surface area (Å²) in [5.41, 5.74) is 0.389. The molecule has 0 aliphatic carbocycles. The van der Waals surface area contributed by atoms with Crippen molar-refractivity contribution in [3.05, 3.63) is 59.7 Å². The highest BCUT2D eigenvalue weighted by molar-refractivity contribution is 5.41. The highest BCUT2D eigenvalue weighted by Gasteiger charge is 2.16. The Morgan fingerprint density at radius 2 is 1.67 bits per heavy atom. The molecule has 0 heterocycles. The van der Waals surface area contributed by atoms with Crippen molar-refractivity contribution < 1.29 is 13.5 Å². The van der Waals surface area contributed by atoms with Gasteiger partial charge in [-0.1, -0.05) is 32.0 Å². The van der Waals surface area contributed by atoms with Crippen molar-refractivity contribution in [3.8, 4) is 11.5 Å². The van der Waals surface area contributed by atoms with E-state index in [-0.39, 0.29) is 11.7 Å². The molecule has 18 heavy (non-hydrogen) atoms. The molecular formula is C15H14F2O. The van der Waals surface area contributed by atoms with Gasteiger partial charge in [0.05, 0.1) is 0 Å². The van der Waals surface area contributed by atoms with Gasteiger partial charge in [0.25, 0.3) is 0 Å². The molecule has 0 saturated heterocycles. The first-order valence-electron chi connectivity index (χ1n) is 5.79. The lowest BCUT2D eigenvalue weighted by Crippen LogP contribution is -1.99. The molecule has 0 radical (unpaired) electrons. The van der Waals surface area contributed by atoms with Crippen molar-refractivity contribution in [2.75, 3.05) is 0 Å². The van der Waals surface area contributed by atoms with Crippen LogP contribution in [0.5, 0.6) is 11.5 Å². The monoisotopic (exact) mass is 248 g/mol. The van der Waals surface area contributed by atoms with E-state index in [1.165, 1.54) is 6.07 Å². The van der Waals surface area contributed by atoms with Crippen molar-refractivity contribution in [2.45, 2.75) is 19.8 Å². The molecular weight excluding hydrogens is 234 g/mol. The molecule has 0 aliphatic rings. The minimum atomic E-state index is -0.636. The summed E-state index contributed by atoms with van der Waals surface area (Å²) in [5, 5.41) is 0. The molecule has 0 unspecified atom stereocenters. The number of benzene rings is 2. The van der Waals surface area contributed by atoms with Gasteiger partial charge in [0.15, 0.2) is 0 Å². The molecule has 0 amide bonds. The second kappa shape index (κ2) is 5.17.